The van der Waals surface area contributed by atoms with E-state index in [2.05, 4.69) is 47.2 Å². The van der Waals surface area contributed by atoms with Gasteiger partial charge in [-0.2, -0.15) is 0 Å². The summed E-state index contributed by atoms with van der Waals surface area (Å²) >= 11 is 3.47. The molecule has 0 N–H and O–H groups in total. The minimum atomic E-state index is 1.12. The molecule has 0 aliphatic rings. The molecular formula is C18H33Br. The first-order valence-electron chi connectivity index (χ1n) is 8.27. The van der Waals surface area contributed by atoms with Crippen LogP contribution in [0.5, 0.6) is 0 Å². The Balaban J connectivity index is 3.14. The molecule has 0 unspecified atom stereocenters. The molecule has 0 fully saturated rings. The van der Waals surface area contributed by atoms with Crippen LogP contribution < -0.4 is 0 Å². The first kappa shape index (κ1) is 19.0. The molecule has 0 aromatic heterocycles. The molecule has 0 aliphatic heterocycles. The minimum absolute atomic E-state index is 1.12. The summed E-state index contributed by atoms with van der Waals surface area (Å²) in [5.74, 6) is 0. The first-order chi connectivity index (χ1) is 9.41. The highest BCUT2D eigenvalue weighted by atomic mass is 79.9. The SMILES string of the molecule is CCCCCCC=CCC=CCCCCCCCBr. The van der Waals surface area contributed by atoms with E-state index in [9.17, 15) is 0 Å². The lowest BCUT2D eigenvalue weighted by Crippen LogP contribution is -1.79. The van der Waals surface area contributed by atoms with E-state index in [-0.39, 0.29) is 0 Å². The van der Waals surface area contributed by atoms with Gasteiger partial charge in [-0.25, -0.2) is 0 Å². The molecule has 0 saturated carbocycles. The van der Waals surface area contributed by atoms with Gasteiger partial charge in [0, 0.05) is 5.33 Å². The van der Waals surface area contributed by atoms with Crippen molar-refractivity contribution in [2.24, 2.45) is 0 Å². The van der Waals surface area contributed by atoms with E-state index >= 15 is 0 Å². The molecule has 0 nitrogen and oxygen atoms in total. The smallest absolute Gasteiger partial charge is 0.00313 e. The third-order valence-electron chi connectivity index (χ3n) is 3.33. The Kier molecular flexibility index (Phi) is 17.9. The van der Waals surface area contributed by atoms with Gasteiger partial charge in [-0.15, -0.1) is 0 Å². The Morgan fingerprint density at radius 2 is 1.16 bits per heavy atom. The number of hydrogen-bond donors (Lipinski definition) is 0. The number of hydrogen-bond acceptors (Lipinski definition) is 0. The Labute approximate surface area is 129 Å². The van der Waals surface area contributed by atoms with Crippen LogP contribution in [-0.2, 0) is 0 Å². The van der Waals surface area contributed by atoms with E-state index in [1.54, 1.807) is 0 Å². The summed E-state index contributed by atoms with van der Waals surface area (Å²) in [7, 11) is 0. The van der Waals surface area contributed by atoms with E-state index in [1.807, 2.05) is 0 Å². The van der Waals surface area contributed by atoms with Crippen LogP contribution in [0.25, 0.3) is 0 Å². The summed E-state index contributed by atoms with van der Waals surface area (Å²) in [6.07, 6.45) is 25.3. The third-order valence-corrected chi connectivity index (χ3v) is 3.89. The maximum atomic E-state index is 3.47. The summed E-state index contributed by atoms with van der Waals surface area (Å²) in [5, 5.41) is 1.16. The van der Waals surface area contributed by atoms with Crippen LogP contribution in [-0.4, -0.2) is 5.33 Å². The Bertz CT molecular complexity index is 206. The van der Waals surface area contributed by atoms with Gasteiger partial charge in [0.15, 0.2) is 0 Å². The lowest BCUT2D eigenvalue weighted by molar-refractivity contribution is 0.641. The highest BCUT2D eigenvalue weighted by molar-refractivity contribution is 9.09. The van der Waals surface area contributed by atoms with Crippen LogP contribution in [0.1, 0.15) is 84.0 Å². The van der Waals surface area contributed by atoms with Crippen molar-refractivity contribution in [1.82, 2.24) is 0 Å². The Morgan fingerprint density at radius 3 is 1.74 bits per heavy atom. The average Bonchev–Trinajstić information content (AvgIpc) is 2.43. The van der Waals surface area contributed by atoms with E-state index in [1.165, 1.54) is 70.6 Å². The zero-order valence-electron chi connectivity index (χ0n) is 12.9. The maximum absolute atomic E-state index is 3.47. The zero-order valence-corrected chi connectivity index (χ0v) is 14.5. The van der Waals surface area contributed by atoms with E-state index in [4.69, 9.17) is 0 Å². The van der Waals surface area contributed by atoms with E-state index in [0.29, 0.717) is 0 Å². The molecule has 0 aliphatic carbocycles. The predicted molar refractivity (Wildman–Crippen MR) is 93.2 cm³/mol. The quantitative estimate of drug-likeness (QED) is 0.180. The van der Waals surface area contributed by atoms with Crippen LogP contribution in [0.2, 0.25) is 0 Å². The fourth-order valence-electron chi connectivity index (χ4n) is 2.08. The van der Waals surface area contributed by atoms with Gasteiger partial charge in [0.2, 0.25) is 0 Å². The molecule has 0 aromatic carbocycles. The molecule has 0 atom stereocenters. The molecule has 1 heteroatoms. The number of rotatable bonds is 14. The Hall–Kier alpha value is -0.0400. The highest BCUT2D eigenvalue weighted by Crippen LogP contribution is 2.07. The summed E-state index contributed by atoms with van der Waals surface area (Å²) < 4.78 is 0. The monoisotopic (exact) mass is 328 g/mol. The number of allylic oxidation sites excluding steroid dienone is 4. The van der Waals surface area contributed by atoms with Crippen molar-refractivity contribution in [2.45, 2.75) is 84.0 Å². The minimum Gasteiger partial charge on any atom is -0.0928 e. The molecule has 0 bridgehead atoms. The van der Waals surface area contributed by atoms with Crippen molar-refractivity contribution in [2.75, 3.05) is 5.33 Å². The molecule has 0 rings (SSSR count). The molecule has 0 spiro atoms. The van der Waals surface area contributed by atoms with Crippen molar-refractivity contribution in [1.29, 1.82) is 0 Å². The van der Waals surface area contributed by atoms with Gasteiger partial charge >= 0.3 is 0 Å². The lowest BCUT2D eigenvalue weighted by Gasteiger charge is -1.97. The molecule has 0 saturated heterocycles. The second kappa shape index (κ2) is 18.0. The van der Waals surface area contributed by atoms with Crippen molar-refractivity contribution in [3.05, 3.63) is 24.3 Å². The third kappa shape index (κ3) is 18.0. The predicted octanol–water partition coefficient (Wildman–Crippen LogP) is 7.19. The van der Waals surface area contributed by atoms with Crippen LogP contribution >= 0.6 is 15.9 Å². The molecular weight excluding hydrogens is 296 g/mol. The molecule has 0 aromatic rings. The van der Waals surface area contributed by atoms with Crippen molar-refractivity contribution in [3.8, 4) is 0 Å². The first-order valence-corrected chi connectivity index (χ1v) is 9.40. The van der Waals surface area contributed by atoms with Gasteiger partial charge in [0.1, 0.15) is 0 Å². The topological polar surface area (TPSA) is 0 Å². The van der Waals surface area contributed by atoms with Crippen molar-refractivity contribution < 1.29 is 0 Å². The van der Waals surface area contributed by atoms with Gasteiger partial charge in [-0.3, -0.25) is 0 Å². The summed E-state index contributed by atoms with van der Waals surface area (Å²) in [4.78, 5) is 0. The zero-order chi connectivity index (χ0) is 14.0. The van der Waals surface area contributed by atoms with Gasteiger partial charge in [0.25, 0.3) is 0 Å². The van der Waals surface area contributed by atoms with Crippen molar-refractivity contribution in [3.63, 3.8) is 0 Å². The maximum Gasteiger partial charge on any atom is 0.00313 e. The van der Waals surface area contributed by atoms with Gasteiger partial charge in [-0.1, -0.05) is 85.7 Å². The van der Waals surface area contributed by atoms with Gasteiger partial charge in [-0.05, 0) is 38.5 Å². The molecule has 0 radical (unpaired) electrons. The average molecular weight is 329 g/mol. The standard InChI is InChI=1S/C18H33Br/c1-2-3-4-5-6-7-8-9-10-11-12-13-14-15-16-17-18-19/h7-8,10-11H,2-6,9,12-18H2,1H3. The summed E-state index contributed by atoms with van der Waals surface area (Å²) in [6, 6.07) is 0. The fourth-order valence-corrected chi connectivity index (χ4v) is 2.48. The largest absolute Gasteiger partial charge is 0.0928 e. The molecule has 0 heterocycles. The molecule has 0 amide bonds. The van der Waals surface area contributed by atoms with Crippen molar-refractivity contribution >= 4 is 15.9 Å². The fraction of sp³-hybridized carbons (Fsp3) is 0.778. The van der Waals surface area contributed by atoms with Gasteiger partial charge in [0.05, 0.1) is 0 Å². The molecule has 112 valence electrons. The van der Waals surface area contributed by atoms with Crippen LogP contribution in [0.3, 0.4) is 0 Å². The van der Waals surface area contributed by atoms with E-state index in [0.717, 1.165) is 11.8 Å². The Morgan fingerprint density at radius 1 is 0.632 bits per heavy atom. The van der Waals surface area contributed by atoms with Crippen LogP contribution in [0, 0.1) is 0 Å². The normalized spacial score (nSPS) is 11.9. The lowest BCUT2D eigenvalue weighted by atomic mass is 10.1. The number of unbranched alkanes of at least 4 members (excludes halogenated alkanes) is 9. The number of alkyl halides is 1. The highest BCUT2D eigenvalue weighted by Gasteiger charge is 1.88. The number of halogens is 1. The second-order valence-corrected chi connectivity index (χ2v) is 6.07. The van der Waals surface area contributed by atoms with Crippen LogP contribution in [0.4, 0.5) is 0 Å². The summed E-state index contributed by atoms with van der Waals surface area (Å²) in [5.41, 5.74) is 0. The van der Waals surface area contributed by atoms with Gasteiger partial charge < -0.3 is 0 Å². The second-order valence-electron chi connectivity index (χ2n) is 5.27. The van der Waals surface area contributed by atoms with E-state index < -0.39 is 0 Å². The summed E-state index contributed by atoms with van der Waals surface area (Å²) in [6.45, 7) is 2.27. The molecule has 19 heavy (non-hydrogen) atoms. The van der Waals surface area contributed by atoms with Crippen LogP contribution in [0.15, 0.2) is 24.3 Å².